The van der Waals surface area contributed by atoms with Crippen molar-refractivity contribution in [3.8, 4) is 0 Å². The second-order valence-electron chi connectivity index (χ2n) is 6.59. The molecule has 2 aromatic carbocycles. The van der Waals surface area contributed by atoms with Crippen LogP contribution in [-0.4, -0.2) is 51.4 Å². The summed E-state index contributed by atoms with van der Waals surface area (Å²) in [6.45, 7) is 3.69. The molecule has 0 bridgehead atoms. The van der Waals surface area contributed by atoms with Gasteiger partial charge in [-0.15, -0.1) is 0 Å². The van der Waals surface area contributed by atoms with Crippen LogP contribution < -0.4 is 9.62 Å². The molecule has 6 nitrogen and oxygen atoms in total. The van der Waals surface area contributed by atoms with Gasteiger partial charge in [-0.3, -0.25) is 4.79 Å². The SMILES string of the molecule is C[C@@H](NS(=O)(=O)c1ccc(Br)cc1)C(=O)N1CCN(c2ccc(F)cc2)CC1. The highest BCUT2D eigenvalue weighted by atomic mass is 79.9. The second-order valence-corrected chi connectivity index (χ2v) is 9.22. The number of sulfonamides is 1. The molecule has 1 heterocycles. The minimum absolute atomic E-state index is 0.108. The molecule has 28 heavy (non-hydrogen) atoms. The van der Waals surface area contributed by atoms with Crippen LogP contribution in [0.5, 0.6) is 0 Å². The van der Waals surface area contributed by atoms with Gasteiger partial charge >= 0.3 is 0 Å². The van der Waals surface area contributed by atoms with Gasteiger partial charge in [0, 0.05) is 36.3 Å². The van der Waals surface area contributed by atoms with Crippen LogP contribution in [0.1, 0.15) is 6.92 Å². The third-order valence-electron chi connectivity index (χ3n) is 4.61. The number of rotatable bonds is 5. The largest absolute Gasteiger partial charge is 0.368 e. The maximum atomic E-state index is 13.1. The first-order valence-corrected chi connectivity index (χ1v) is 11.1. The molecular formula is C19H21BrFN3O3S. The van der Waals surface area contributed by atoms with E-state index in [-0.39, 0.29) is 16.6 Å². The summed E-state index contributed by atoms with van der Waals surface area (Å²) in [4.78, 5) is 16.5. The van der Waals surface area contributed by atoms with Gasteiger partial charge < -0.3 is 9.80 Å². The summed E-state index contributed by atoms with van der Waals surface area (Å²) >= 11 is 3.26. The van der Waals surface area contributed by atoms with E-state index in [1.807, 2.05) is 0 Å². The average Bonchev–Trinajstić information content (AvgIpc) is 2.68. The fraction of sp³-hybridized carbons (Fsp3) is 0.316. The molecule has 0 radical (unpaired) electrons. The molecule has 1 N–H and O–H groups in total. The molecule has 0 aliphatic carbocycles. The number of piperazine rings is 1. The lowest BCUT2D eigenvalue weighted by atomic mass is 10.2. The van der Waals surface area contributed by atoms with Crippen LogP contribution in [0.4, 0.5) is 10.1 Å². The number of amides is 1. The van der Waals surface area contributed by atoms with Gasteiger partial charge in [0.2, 0.25) is 15.9 Å². The van der Waals surface area contributed by atoms with Crippen molar-refractivity contribution in [2.45, 2.75) is 17.9 Å². The maximum Gasteiger partial charge on any atom is 0.241 e. The molecular weight excluding hydrogens is 449 g/mol. The van der Waals surface area contributed by atoms with Gasteiger partial charge in [0.1, 0.15) is 5.82 Å². The normalized spacial score (nSPS) is 16.1. The maximum absolute atomic E-state index is 13.1. The van der Waals surface area contributed by atoms with Crippen LogP contribution in [0.2, 0.25) is 0 Å². The molecule has 0 aromatic heterocycles. The summed E-state index contributed by atoms with van der Waals surface area (Å²) in [5, 5.41) is 0. The summed E-state index contributed by atoms with van der Waals surface area (Å²) in [5.74, 6) is -0.552. The summed E-state index contributed by atoms with van der Waals surface area (Å²) in [5.41, 5.74) is 0.900. The lowest BCUT2D eigenvalue weighted by Gasteiger charge is -2.37. The fourth-order valence-corrected chi connectivity index (χ4v) is 4.54. The highest BCUT2D eigenvalue weighted by Crippen LogP contribution is 2.18. The Hall–Kier alpha value is -1.97. The van der Waals surface area contributed by atoms with E-state index in [0.717, 1.165) is 10.2 Å². The monoisotopic (exact) mass is 469 g/mol. The first kappa shape index (κ1) is 20.8. The van der Waals surface area contributed by atoms with E-state index in [0.29, 0.717) is 26.2 Å². The number of carbonyl (C=O) groups is 1. The highest BCUT2D eigenvalue weighted by molar-refractivity contribution is 9.10. The van der Waals surface area contributed by atoms with E-state index in [4.69, 9.17) is 0 Å². The van der Waals surface area contributed by atoms with Gasteiger partial charge in [-0.1, -0.05) is 15.9 Å². The Morgan fingerprint density at radius 2 is 1.61 bits per heavy atom. The van der Waals surface area contributed by atoms with E-state index >= 15 is 0 Å². The van der Waals surface area contributed by atoms with Crippen molar-refractivity contribution in [3.63, 3.8) is 0 Å². The second kappa shape index (κ2) is 8.59. The van der Waals surface area contributed by atoms with E-state index in [9.17, 15) is 17.6 Å². The van der Waals surface area contributed by atoms with Crippen LogP contribution in [0, 0.1) is 5.82 Å². The molecule has 3 rings (SSSR count). The smallest absolute Gasteiger partial charge is 0.241 e. The molecule has 1 saturated heterocycles. The Morgan fingerprint density at radius 3 is 2.18 bits per heavy atom. The van der Waals surface area contributed by atoms with Gasteiger partial charge in [0.25, 0.3) is 0 Å². The van der Waals surface area contributed by atoms with Crippen molar-refractivity contribution in [3.05, 3.63) is 58.8 Å². The summed E-state index contributed by atoms with van der Waals surface area (Å²) in [7, 11) is -3.78. The summed E-state index contributed by atoms with van der Waals surface area (Å²) in [6, 6.07) is 11.6. The topological polar surface area (TPSA) is 69.7 Å². The first-order chi connectivity index (χ1) is 13.3. The Bertz CT molecular complexity index is 928. The quantitative estimate of drug-likeness (QED) is 0.730. The number of anilines is 1. The van der Waals surface area contributed by atoms with Crippen LogP contribution in [0.3, 0.4) is 0 Å². The zero-order chi connectivity index (χ0) is 20.3. The van der Waals surface area contributed by atoms with Crippen LogP contribution in [-0.2, 0) is 14.8 Å². The number of halogens is 2. The minimum Gasteiger partial charge on any atom is -0.368 e. The highest BCUT2D eigenvalue weighted by Gasteiger charge is 2.28. The van der Waals surface area contributed by atoms with Crippen LogP contribution in [0.25, 0.3) is 0 Å². The Balaban J connectivity index is 1.58. The molecule has 150 valence electrons. The number of carbonyl (C=O) groups excluding carboxylic acids is 1. The Morgan fingerprint density at radius 1 is 1.04 bits per heavy atom. The Labute approximate surface area is 172 Å². The van der Waals surface area contributed by atoms with E-state index in [1.165, 1.54) is 24.3 Å². The lowest BCUT2D eigenvalue weighted by Crippen LogP contribution is -2.54. The van der Waals surface area contributed by atoms with Crippen molar-refractivity contribution in [2.75, 3.05) is 31.1 Å². The van der Waals surface area contributed by atoms with Crippen molar-refractivity contribution in [2.24, 2.45) is 0 Å². The predicted octanol–water partition coefficient (Wildman–Crippen LogP) is 2.60. The third-order valence-corrected chi connectivity index (χ3v) is 6.69. The first-order valence-electron chi connectivity index (χ1n) is 8.83. The third kappa shape index (κ3) is 4.89. The number of benzene rings is 2. The van der Waals surface area contributed by atoms with Gasteiger partial charge in [-0.05, 0) is 55.5 Å². The van der Waals surface area contributed by atoms with Crippen molar-refractivity contribution < 1.29 is 17.6 Å². The van der Waals surface area contributed by atoms with Crippen LogP contribution >= 0.6 is 15.9 Å². The molecule has 2 aromatic rings. The standard InChI is InChI=1S/C19H21BrFN3O3S/c1-14(22-28(26,27)18-8-2-15(20)3-9-18)19(25)24-12-10-23(11-13-24)17-6-4-16(21)5-7-17/h2-9,14,22H,10-13H2,1H3/t14-/m1/s1. The van der Waals surface area contributed by atoms with Crippen molar-refractivity contribution in [1.82, 2.24) is 9.62 Å². The van der Waals surface area contributed by atoms with Gasteiger partial charge in [0.05, 0.1) is 10.9 Å². The number of nitrogens with one attached hydrogen (secondary N) is 1. The molecule has 1 aliphatic heterocycles. The Kier molecular flexibility index (Phi) is 6.36. The molecule has 9 heteroatoms. The van der Waals surface area contributed by atoms with Gasteiger partial charge in [0.15, 0.2) is 0 Å². The predicted molar refractivity (Wildman–Crippen MR) is 109 cm³/mol. The summed E-state index contributed by atoms with van der Waals surface area (Å²) in [6.07, 6.45) is 0. The molecule has 1 fully saturated rings. The van der Waals surface area contributed by atoms with E-state index in [1.54, 1.807) is 36.1 Å². The molecule has 0 saturated carbocycles. The zero-order valence-corrected chi connectivity index (χ0v) is 17.7. The zero-order valence-electron chi connectivity index (χ0n) is 15.3. The number of nitrogens with zero attached hydrogens (tertiary/aromatic N) is 2. The minimum atomic E-state index is -3.78. The fourth-order valence-electron chi connectivity index (χ4n) is 3.08. The van der Waals surface area contributed by atoms with Crippen molar-refractivity contribution in [1.29, 1.82) is 0 Å². The van der Waals surface area contributed by atoms with E-state index in [2.05, 4.69) is 25.6 Å². The molecule has 0 unspecified atom stereocenters. The van der Waals surface area contributed by atoms with Crippen molar-refractivity contribution >= 4 is 37.5 Å². The molecule has 1 atom stereocenters. The molecule has 1 aliphatic rings. The summed E-state index contributed by atoms with van der Waals surface area (Å²) < 4.78 is 41.2. The van der Waals surface area contributed by atoms with E-state index < -0.39 is 16.1 Å². The van der Waals surface area contributed by atoms with Gasteiger partial charge in [-0.25, -0.2) is 12.8 Å². The number of hydrogen-bond donors (Lipinski definition) is 1. The molecule has 1 amide bonds. The number of hydrogen-bond acceptors (Lipinski definition) is 4. The van der Waals surface area contributed by atoms with Gasteiger partial charge in [-0.2, -0.15) is 4.72 Å². The lowest BCUT2D eigenvalue weighted by molar-refractivity contribution is -0.132. The van der Waals surface area contributed by atoms with Crippen LogP contribution in [0.15, 0.2) is 57.9 Å². The molecule has 0 spiro atoms. The average molecular weight is 470 g/mol.